The lowest BCUT2D eigenvalue weighted by molar-refractivity contribution is -0.125. The molecule has 1 aromatic rings. The maximum absolute atomic E-state index is 11.6. The van der Waals surface area contributed by atoms with Crippen LogP contribution in [0.5, 0.6) is 0 Å². The number of ether oxygens (including phenoxy) is 1. The lowest BCUT2D eigenvalue weighted by Crippen LogP contribution is -2.37. The zero-order valence-corrected chi connectivity index (χ0v) is 11.7. The number of methoxy groups -OCH3 is 1. The Hall–Kier alpha value is -2.24. The molecule has 2 rings (SSSR count). The third-order valence-electron chi connectivity index (χ3n) is 3.88. The van der Waals surface area contributed by atoms with Crippen LogP contribution >= 0.6 is 0 Å². The first-order valence-corrected chi connectivity index (χ1v) is 6.40. The van der Waals surface area contributed by atoms with Gasteiger partial charge in [-0.05, 0) is 31.5 Å². The van der Waals surface area contributed by atoms with Crippen molar-refractivity contribution in [2.75, 3.05) is 30.8 Å². The fourth-order valence-electron chi connectivity index (χ4n) is 2.41. The van der Waals surface area contributed by atoms with Crippen molar-refractivity contribution < 1.29 is 14.3 Å². The summed E-state index contributed by atoms with van der Waals surface area (Å²) in [6.07, 6.45) is 0.695. The average molecular weight is 277 g/mol. The molecule has 0 spiro atoms. The summed E-state index contributed by atoms with van der Waals surface area (Å²) in [5, 5.41) is 0. The van der Waals surface area contributed by atoms with E-state index in [1.54, 1.807) is 12.1 Å². The van der Waals surface area contributed by atoms with E-state index in [1.807, 2.05) is 17.9 Å². The van der Waals surface area contributed by atoms with Crippen LogP contribution < -0.4 is 16.4 Å². The first kappa shape index (κ1) is 14.2. The maximum Gasteiger partial charge on any atom is 0.340 e. The first-order valence-electron chi connectivity index (χ1n) is 6.40. The lowest BCUT2D eigenvalue weighted by Gasteiger charge is -2.23. The standard InChI is InChI=1S/C14H19N3O3/c1-14(13(16)19)5-6-17(8-14)9-3-4-11(15)10(7-9)12(18)20-2/h3-4,7H,5-6,8,15H2,1-2H3,(H2,16,19). The molecule has 20 heavy (non-hydrogen) atoms. The number of rotatable bonds is 3. The number of hydrogen-bond acceptors (Lipinski definition) is 5. The van der Waals surface area contributed by atoms with Crippen molar-refractivity contribution >= 4 is 23.3 Å². The number of anilines is 2. The van der Waals surface area contributed by atoms with Gasteiger partial charge in [0, 0.05) is 24.5 Å². The van der Waals surface area contributed by atoms with Crippen LogP contribution in [0.2, 0.25) is 0 Å². The summed E-state index contributed by atoms with van der Waals surface area (Å²) >= 11 is 0. The molecule has 1 amide bonds. The minimum atomic E-state index is -0.535. The van der Waals surface area contributed by atoms with Gasteiger partial charge in [-0.15, -0.1) is 0 Å². The van der Waals surface area contributed by atoms with E-state index < -0.39 is 11.4 Å². The number of nitrogens with two attached hydrogens (primary N) is 2. The van der Waals surface area contributed by atoms with E-state index in [0.717, 1.165) is 5.69 Å². The zero-order chi connectivity index (χ0) is 14.9. The van der Waals surface area contributed by atoms with Gasteiger partial charge in [0.15, 0.2) is 0 Å². The predicted molar refractivity (Wildman–Crippen MR) is 76.3 cm³/mol. The molecule has 1 aliphatic heterocycles. The summed E-state index contributed by atoms with van der Waals surface area (Å²) < 4.78 is 4.70. The van der Waals surface area contributed by atoms with Crippen LogP contribution in [0.1, 0.15) is 23.7 Å². The fourth-order valence-corrected chi connectivity index (χ4v) is 2.41. The van der Waals surface area contributed by atoms with Gasteiger partial charge in [0.2, 0.25) is 5.91 Å². The van der Waals surface area contributed by atoms with Gasteiger partial charge in [0.1, 0.15) is 0 Å². The van der Waals surface area contributed by atoms with Gasteiger partial charge >= 0.3 is 5.97 Å². The lowest BCUT2D eigenvalue weighted by atomic mass is 9.89. The Morgan fingerprint density at radius 3 is 2.65 bits per heavy atom. The monoisotopic (exact) mass is 277 g/mol. The van der Waals surface area contributed by atoms with E-state index in [4.69, 9.17) is 16.2 Å². The van der Waals surface area contributed by atoms with Crippen LogP contribution in [-0.2, 0) is 9.53 Å². The van der Waals surface area contributed by atoms with Crippen molar-refractivity contribution in [1.29, 1.82) is 0 Å². The Kier molecular flexibility index (Phi) is 3.57. The van der Waals surface area contributed by atoms with E-state index in [0.29, 0.717) is 30.8 Å². The largest absolute Gasteiger partial charge is 0.465 e. The zero-order valence-electron chi connectivity index (χ0n) is 11.7. The molecule has 0 aromatic heterocycles. The quantitative estimate of drug-likeness (QED) is 0.627. The number of carbonyl (C=O) groups excluding carboxylic acids is 2. The Labute approximate surface area is 117 Å². The Bertz CT molecular complexity index is 559. The van der Waals surface area contributed by atoms with Crippen molar-refractivity contribution in [3.8, 4) is 0 Å². The number of esters is 1. The minimum Gasteiger partial charge on any atom is -0.465 e. The van der Waals surface area contributed by atoms with E-state index in [9.17, 15) is 9.59 Å². The third-order valence-corrected chi connectivity index (χ3v) is 3.88. The molecule has 6 heteroatoms. The normalized spacial score (nSPS) is 21.8. The molecular weight excluding hydrogens is 258 g/mol. The second kappa shape index (κ2) is 5.03. The molecule has 1 atom stereocenters. The highest BCUT2D eigenvalue weighted by Gasteiger charge is 2.39. The number of carbonyl (C=O) groups is 2. The van der Waals surface area contributed by atoms with Gasteiger partial charge in [-0.3, -0.25) is 4.79 Å². The molecule has 6 nitrogen and oxygen atoms in total. The summed E-state index contributed by atoms with van der Waals surface area (Å²) in [6.45, 7) is 3.10. The second-order valence-corrected chi connectivity index (χ2v) is 5.36. The molecule has 1 unspecified atom stereocenters. The van der Waals surface area contributed by atoms with Crippen LogP contribution in [0.25, 0.3) is 0 Å². The highest BCUT2D eigenvalue weighted by atomic mass is 16.5. The molecule has 4 N–H and O–H groups in total. The molecule has 1 heterocycles. The van der Waals surface area contributed by atoms with Crippen molar-refractivity contribution in [2.24, 2.45) is 11.1 Å². The number of primary amides is 1. The molecule has 0 bridgehead atoms. The Morgan fingerprint density at radius 2 is 2.10 bits per heavy atom. The van der Waals surface area contributed by atoms with Crippen LogP contribution in [0, 0.1) is 5.41 Å². The highest BCUT2D eigenvalue weighted by Crippen LogP contribution is 2.34. The summed E-state index contributed by atoms with van der Waals surface area (Å²) in [7, 11) is 1.31. The number of hydrogen-bond donors (Lipinski definition) is 2. The molecule has 108 valence electrons. The minimum absolute atomic E-state index is 0.302. The molecule has 1 aromatic carbocycles. The van der Waals surface area contributed by atoms with Gasteiger partial charge in [-0.25, -0.2) is 4.79 Å². The van der Waals surface area contributed by atoms with Gasteiger partial charge in [0.25, 0.3) is 0 Å². The molecule has 1 aliphatic rings. The van der Waals surface area contributed by atoms with Crippen LogP contribution in [0.4, 0.5) is 11.4 Å². The topological polar surface area (TPSA) is 98.6 Å². The maximum atomic E-state index is 11.6. The van der Waals surface area contributed by atoms with Crippen molar-refractivity contribution in [2.45, 2.75) is 13.3 Å². The summed E-state index contributed by atoms with van der Waals surface area (Å²) in [5.41, 5.74) is 12.2. The van der Waals surface area contributed by atoms with Gasteiger partial charge in [-0.1, -0.05) is 0 Å². The SMILES string of the molecule is COC(=O)c1cc(N2CCC(C)(C(N)=O)C2)ccc1N. The Balaban J connectivity index is 2.27. The van der Waals surface area contributed by atoms with Crippen LogP contribution in [0.15, 0.2) is 18.2 Å². The molecule has 0 aliphatic carbocycles. The molecule has 0 radical (unpaired) electrons. The third kappa shape index (κ3) is 2.41. The second-order valence-electron chi connectivity index (χ2n) is 5.36. The van der Waals surface area contributed by atoms with Crippen molar-refractivity contribution in [1.82, 2.24) is 0 Å². The highest BCUT2D eigenvalue weighted by molar-refractivity contribution is 5.96. The molecule has 1 saturated heterocycles. The van der Waals surface area contributed by atoms with Gasteiger partial charge in [-0.2, -0.15) is 0 Å². The first-order chi connectivity index (χ1) is 9.37. The number of nitrogens with zero attached hydrogens (tertiary/aromatic N) is 1. The van der Waals surface area contributed by atoms with E-state index in [-0.39, 0.29) is 5.91 Å². The Morgan fingerprint density at radius 1 is 1.40 bits per heavy atom. The smallest absolute Gasteiger partial charge is 0.340 e. The van der Waals surface area contributed by atoms with Crippen LogP contribution in [-0.4, -0.2) is 32.1 Å². The van der Waals surface area contributed by atoms with Crippen molar-refractivity contribution in [3.63, 3.8) is 0 Å². The molecular formula is C14H19N3O3. The van der Waals surface area contributed by atoms with E-state index >= 15 is 0 Å². The van der Waals surface area contributed by atoms with E-state index in [1.165, 1.54) is 7.11 Å². The number of benzene rings is 1. The summed E-state index contributed by atoms with van der Waals surface area (Å²) in [5.74, 6) is -0.773. The van der Waals surface area contributed by atoms with Gasteiger partial charge < -0.3 is 21.1 Å². The molecule has 1 fully saturated rings. The average Bonchev–Trinajstić information content (AvgIpc) is 2.82. The predicted octanol–water partition coefficient (Wildman–Crippen LogP) is 0.757. The van der Waals surface area contributed by atoms with Crippen molar-refractivity contribution in [3.05, 3.63) is 23.8 Å². The fraction of sp³-hybridized carbons (Fsp3) is 0.429. The molecule has 0 saturated carbocycles. The van der Waals surface area contributed by atoms with E-state index in [2.05, 4.69) is 0 Å². The van der Waals surface area contributed by atoms with Gasteiger partial charge in [0.05, 0.1) is 18.1 Å². The van der Waals surface area contributed by atoms with Crippen LogP contribution in [0.3, 0.4) is 0 Å². The number of nitrogen functional groups attached to an aromatic ring is 1. The summed E-state index contributed by atoms with van der Waals surface area (Å²) in [4.78, 5) is 25.1. The number of amides is 1. The summed E-state index contributed by atoms with van der Waals surface area (Å²) in [6, 6.07) is 5.18.